The molecular weight excluding hydrogens is 330 g/mol. The first-order valence-electron chi connectivity index (χ1n) is 5.91. The Kier molecular flexibility index (Phi) is 4.40. The Balaban J connectivity index is 2.52. The van der Waals surface area contributed by atoms with Crippen molar-refractivity contribution in [3.63, 3.8) is 0 Å². The molecule has 0 saturated carbocycles. The van der Waals surface area contributed by atoms with Crippen LogP contribution in [-0.4, -0.2) is 12.2 Å². The molecule has 1 N–H and O–H groups in total. The molecule has 1 atom stereocenters. The standard InChI is InChI=1S/C15H13BrF2O2/c1-8-5-14(20-2)11(7-12(8)16)15(19)10-4-3-9(17)6-13(10)18/h3-7,15,19H,1-2H3. The van der Waals surface area contributed by atoms with Crippen LogP contribution in [0.15, 0.2) is 34.8 Å². The molecule has 5 heteroatoms. The topological polar surface area (TPSA) is 29.5 Å². The van der Waals surface area contributed by atoms with Gasteiger partial charge < -0.3 is 9.84 Å². The molecule has 0 spiro atoms. The number of aliphatic hydroxyl groups excluding tert-OH is 1. The molecule has 0 radical (unpaired) electrons. The summed E-state index contributed by atoms with van der Waals surface area (Å²) in [6, 6.07) is 6.49. The van der Waals surface area contributed by atoms with Crippen LogP contribution in [0.1, 0.15) is 22.8 Å². The Hall–Kier alpha value is -1.46. The zero-order chi connectivity index (χ0) is 14.9. The summed E-state index contributed by atoms with van der Waals surface area (Å²) in [4.78, 5) is 0. The van der Waals surface area contributed by atoms with E-state index in [9.17, 15) is 13.9 Å². The van der Waals surface area contributed by atoms with E-state index in [1.807, 2.05) is 6.92 Å². The van der Waals surface area contributed by atoms with Gasteiger partial charge in [0.25, 0.3) is 0 Å². The molecule has 0 aliphatic heterocycles. The van der Waals surface area contributed by atoms with Crippen LogP contribution in [-0.2, 0) is 0 Å². The summed E-state index contributed by atoms with van der Waals surface area (Å²) in [7, 11) is 1.47. The number of methoxy groups -OCH3 is 1. The lowest BCUT2D eigenvalue weighted by Gasteiger charge is -2.17. The van der Waals surface area contributed by atoms with Gasteiger partial charge in [-0.3, -0.25) is 0 Å². The van der Waals surface area contributed by atoms with Crippen molar-refractivity contribution in [2.24, 2.45) is 0 Å². The molecule has 20 heavy (non-hydrogen) atoms. The highest BCUT2D eigenvalue weighted by Crippen LogP contribution is 2.35. The number of hydrogen-bond donors (Lipinski definition) is 1. The van der Waals surface area contributed by atoms with Gasteiger partial charge in [-0.25, -0.2) is 8.78 Å². The lowest BCUT2D eigenvalue weighted by Crippen LogP contribution is -2.05. The van der Waals surface area contributed by atoms with Crippen molar-refractivity contribution in [1.82, 2.24) is 0 Å². The highest BCUT2D eigenvalue weighted by Gasteiger charge is 2.20. The van der Waals surface area contributed by atoms with E-state index in [1.165, 1.54) is 13.2 Å². The lowest BCUT2D eigenvalue weighted by atomic mass is 9.99. The number of hydrogen-bond acceptors (Lipinski definition) is 2. The average Bonchev–Trinajstić information content (AvgIpc) is 2.40. The molecule has 0 amide bonds. The number of halogens is 3. The van der Waals surface area contributed by atoms with Crippen molar-refractivity contribution in [3.05, 3.63) is 63.1 Å². The number of aryl methyl sites for hydroxylation is 1. The summed E-state index contributed by atoms with van der Waals surface area (Å²) in [6.45, 7) is 1.88. The predicted octanol–water partition coefficient (Wildman–Crippen LogP) is 4.13. The first-order valence-corrected chi connectivity index (χ1v) is 6.70. The van der Waals surface area contributed by atoms with Gasteiger partial charge in [0, 0.05) is 21.7 Å². The zero-order valence-corrected chi connectivity index (χ0v) is 12.5. The quantitative estimate of drug-likeness (QED) is 0.908. The maximum Gasteiger partial charge on any atom is 0.132 e. The minimum atomic E-state index is -1.23. The summed E-state index contributed by atoms with van der Waals surface area (Å²) in [5, 5.41) is 10.3. The highest BCUT2D eigenvalue weighted by atomic mass is 79.9. The zero-order valence-electron chi connectivity index (χ0n) is 11.0. The monoisotopic (exact) mass is 342 g/mol. The van der Waals surface area contributed by atoms with Gasteiger partial charge in [-0.1, -0.05) is 22.0 Å². The van der Waals surface area contributed by atoms with Crippen LogP contribution < -0.4 is 4.74 Å². The average molecular weight is 343 g/mol. The molecule has 0 aliphatic rings. The van der Waals surface area contributed by atoms with E-state index in [4.69, 9.17) is 4.74 Å². The fourth-order valence-corrected chi connectivity index (χ4v) is 2.31. The summed E-state index contributed by atoms with van der Waals surface area (Å²) < 4.78 is 32.7. The largest absolute Gasteiger partial charge is 0.496 e. The summed E-state index contributed by atoms with van der Waals surface area (Å²) in [5.74, 6) is -1.03. The molecule has 0 heterocycles. The third kappa shape index (κ3) is 2.83. The van der Waals surface area contributed by atoms with Gasteiger partial charge in [0.2, 0.25) is 0 Å². The second-order valence-electron chi connectivity index (χ2n) is 4.41. The molecule has 2 aromatic rings. The molecule has 2 aromatic carbocycles. The van der Waals surface area contributed by atoms with Crippen LogP contribution in [0.25, 0.3) is 0 Å². The minimum absolute atomic E-state index is 0.000420. The summed E-state index contributed by atoms with van der Waals surface area (Å²) in [5.41, 5.74) is 1.34. The SMILES string of the molecule is COc1cc(C)c(Br)cc1C(O)c1ccc(F)cc1F. The Morgan fingerprint density at radius 1 is 1.15 bits per heavy atom. The fraction of sp³-hybridized carbons (Fsp3) is 0.200. The van der Waals surface area contributed by atoms with Crippen LogP contribution in [0.2, 0.25) is 0 Å². The van der Waals surface area contributed by atoms with Crippen LogP contribution in [0.3, 0.4) is 0 Å². The van der Waals surface area contributed by atoms with Crippen LogP contribution >= 0.6 is 15.9 Å². The number of aliphatic hydroxyl groups is 1. The van der Waals surface area contributed by atoms with Gasteiger partial charge in [0.15, 0.2) is 0 Å². The molecule has 0 fully saturated rings. The van der Waals surface area contributed by atoms with E-state index in [0.29, 0.717) is 11.3 Å². The fourth-order valence-electron chi connectivity index (χ4n) is 1.95. The minimum Gasteiger partial charge on any atom is -0.496 e. The number of ether oxygens (including phenoxy) is 1. The van der Waals surface area contributed by atoms with E-state index >= 15 is 0 Å². The van der Waals surface area contributed by atoms with Gasteiger partial charge >= 0.3 is 0 Å². The van der Waals surface area contributed by atoms with Crippen LogP contribution in [0.5, 0.6) is 5.75 Å². The van der Waals surface area contributed by atoms with Gasteiger partial charge in [-0.2, -0.15) is 0 Å². The molecule has 2 nitrogen and oxygen atoms in total. The summed E-state index contributed by atoms with van der Waals surface area (Å²) in [6.07, 6.45) is -1.23. The first kappa shape index (κ1) is 14.9. The second kappa shape index (κ2) is 5.89. The Morgan fingerprint density at radius 2 is 1.85 bits per heavy atom. The van der Waals surface area contributed by atoms with Crippen molar-refractivity contribution < 1.29 is 18.6 Å². The van der Waals surface area contributed by atoms with Crippen LogP contribution in [0, 0.1) is 18.6 Å². The van der Waals surface area contributed by atoms with Crippen molar-refractivity contribution in [2.75, 3.05) is 7.11 Å². The summed E-state index contributed by atoms with van der Waals surface area (Å²) >= 11 is 3.36. The number of rotatable bonds is 3. The van der Waals surface area contributed by atoms with E-state index < -0.39 is 17.7 Å². The molecular formula is C15H13BrF2O2. The van der Waals surface area contributed by atoms with E-state index in [0.717, 1.165) is 22.2 Å². The number of benzene rings is 2. The molecule has 106 valence electrons. The van der Waals surface area contributed by atoms with Crippen molar-refractivity contribution in [3.8, 4) is 5.75 Å². The van der Waals surface area contributed by atoms with Gasteiger partial charge in [0.05, 0.1) is 7.11 Å². The molecule has 2 rings (SSSR count). The highest BCUT2D eigenvalue weighted by molar-refractivity contribution is 9.10. The van der Waals surface area contributed by atoms with Crippen molar-refractivity contribution in [1.29, 1.82) is 0 Å². The third-order valence-corrected chi connectivity index (χ3v) is 3.92. The molecule has 0 aromatic heterocycles. The molecule has 0 aliphatic carbocycles. The van der Waals surface area contributed by atoms with Crippen molar-refractivity contribution in [2.45, 2.75) is 13.0 Å². The molecule has 0 saturated heterocycles. The smallest absolute Gasteiger partial charge is 0.132 e. The Bertz CT molecular complexity index is 644. The second-order valence-corrected chi connectivity index (χ2v) is 5.27. The Morgan fingerprint density at radius 3 is 2.45 bits per heavy atom. The van der Waals surface area contributed by atoms with E-state index in [2.05, 4.69) is 15.9 Å². The van der Waals surface area contributed by atoms with Gasteiger partial charge in [0.1, 0.15) is 23.5 Å². The van der Waals surface area contributed by atoms with Gasteiger partial charge in [-0.05, 0) is 30.7 Å². The van der Waals surface area contributed by atoms with Gasteiger partial charge in [-0.15, -0.1) is 0 Å². The third-order valence-electron chi connectivity index (χ3n) is 3.06. The lowest BCUT2D eigenvalue weighted by molar-refractivity contribution is 0.209. The Labute approximate surface area is 124 Å². The van der Waals surface area contributed by atoms with Crippen molar-refractivity contribution >= 4 is 15.9 Å². The van der Waals surface area contributed by atoms with E-state index in [-0.39, 0.29) is 5.56 Å². The van der Waals surface area contributed by atoms with E-state index in [1.54, 1.807) is 12.1 Å². The van der Waals surface area contributed by atoms with Crippen LogP contribution in [0.4, 0.5) is 8.78 Å². The molecule has 0 bridgehead atoms. The predicted molar refractivity (Wildman–Crippen MR) is 75.9 cm³/mol. The maximum absolute atomic E-state index is 13.7. The normalized spacial score (nSPS) is 12.3. The first-order chi connectivity index (χ1) is 9.43. The maximum atomic E-state index is 13.7. The molecule has 1 unspecified atom stereocenters.